The lowest BCUT2D eigenvalue weighted by Crippen LogP contribution is -2.18. The molecule has 0 atom stereocenters. The van der Waals surface area contributed by atoms with Gasteiger partial charge in [-0.05, 0) is 29.3 Å². The van der Waals surface area contributed by atoms with Gasteiger partial charge in [-0.3, -0.25) is 10.1 Å². The van der Waals surface area contributed by atoms with Crippen molar-refractivity contribution in [1.29, 1.82) is 0 Å². The van der Waals surface area contributed by atoms with Crippen molar-refractivity contribution in [1.82, 2.24) is 9.55 Å². The van der Waals surface area contributed by atoms with Crippen LogP contribution in [0.3, 0.4) is 0 Å². The van der Waals surface area contributed by atoms with Crippen molar-refractivity contribution in [2.45, 2.75) is 26.0 Å². The molecule has 174 valence electrons. The van der Waals surface area contributed by atoms with Gasteiger partial charge in [0.25, 0.3) is 5.92 Å². The molecule has 1 heterocycles. The van der Waals surface area contributed by atoms with E-state index in [2.05, 4.69) is 10.3 Å². The lowest BCUT2D eigenvalue weighted by Gasteiger charge is -2.17. The van der Waals surface area contributed by atoms with Gasteiger partial charge in [0.2, 0.25) is 11.9 Å². The highest BCUT2D eigenvalue weighted by Gasteiger charge is 2.28. The number of carbonyl (C=O) groups is 2. The Bertz CT molecular complexity index is 1350. The Balaban J connectivity index is 1.69. The normalized spacial score (nSPS) is 11.4. The Morgan fingerprint density at radius 3 is 2.47 bits per heavy atom. The van der Waals surface area contributed by atoms with Crippen molar-refractivity contribution in [3.05, 3.63) is 95.1 Å². The third-order valence-corrected chi connectivity index (χ3v) is 5.28. The van der Waals surface area contributed by atoms with E-state index < -0.39 is 17.9 Å². The van der Waals surface area contributed by atoms with Crippen molar-refractivity contribution in [3.63, 3.8) is 0 Å². The van der Waals surface area contributed by atoms with Gasteiger partial charge < -0.3 is 15.0 Å². The van der Waals surface area contributed by atoms with Gasteiger partial charge in [0.1, 0.15) is 6.61 Å². The summed E-state index contributed by atoms with van der Waals surface area (Å²) in [6.07, 6.45) is -0.760. The van der Waals surface area contributed by atoms with Crippen LogP contribution in [0.5, 0.6) is 0 Å². The third kappa shape index (κ3) is 5.03. The fourth-order valence-corrected chi connectivity index (χ4v) is 3.65. The number of nitrogens with one attached hydrogen (secondary N) is 1. The first-order valence-electron chi connectivity index (χ1n) is 10.5. The predicted octanol–water partition coefficient (Wildman–Crippen LogP) is 5.04. The molecule has 0 aliphatic heterocycles. The van der Waals surface area contributed by atoms with Crippen LogP contribution in [0.1, 0.15) is 34.0 Å². The molecule has 4 aromatic rings. The molecule has 3 aromatic carbocycles. The molecule has 0 unspecified atom stereocenters. The Morgan fingerprint density at radius 2 is 1.76 bits per heavy atom. The highest BCUT2D eigenvalue weighted by Crippen LogP contribution is 2.31. The number of alkyl halides is 2. The molecule has 4 rings (SSSR count). The van der Waals surface area contributed by atoms with E-state index in [1.165, 1.54) is 18.2 Å². The Morgan fingerprint density at radius 1 is 1.06 bits per heavy atom. The van der Waals surface area contributed by atoms with Crippen molar-refractivity contribution >= 4 is 29.0 Å². The van der Waals surface area contributed by atoms with E-state index in [9.17, 15) is 18.4 Å². The average molecular weight is 464 g/mol. The summed E-state index contributed by atoms with van der Waals surface area (Å²) in [4.78, 5) is 28.5. The number of hydrogen-bond donors (Lipinski definition) is 2. The Kier molecular flexibility index (Phi) is 6.27. The highest BCUT2D eigenvalue weighted by atomic mass is 19.3. The fourth-order valence-electron chi connectivity index (χ4n) is 3.65. The number of nitrogens with zero attached hydrogens (tertiary/aromatic N) is 2. The van der Waals surface area contributed by atoms with Crippen LogP contribution in [0.15, 0.2) is 72.8 Å². The highest BCUT2D eigenvalue weighted by molar-refractivity contribution is 5.97. The van der Waals surface area contributed by atoms with Crippen LogP contribution in [-0.2, 0) is 23.8 Å². The summed E-state index contributed by atoms with van der Waals surface area (Å²) >= 11 is 0. The number of primary amides is 1. The Hall–Kier alpha value is -4.27. The number of anilines is 1. The minimum absolute atomic E-state index is 0.000317. The summed E-state index contributed by atoms with van der Waals surface area (Å²) in [5.41, 5.74) is 7.52. The third-order valence-electron chi connectivity index (χ3n) is 5.28. The zero-order valence-corrected chi connectivity index (χ0v) is 18.3. The van der Waals surface area contributed by atoms with Crippen molar-refractivity contribution < 1.29 is 23.1 Å². The molecule has 0 saturated heterocycles. The second kappa shape index (κ2) is 9.30. The number of fused-ring (bicyclic) bond motifs is 1. The van der Waals surface area contributed by atoms with Crippen molar-refractivity contribution in [2.24, 2.45) is 5.73 Å². The van der Waals surface area contributed by atoms with Crippen LogP contribution < -0.4 is 11.1 Å². The van der Waals surface area contributed by atoms with Gasteiger partial charge in [-0.1, -0.05) is 54.6 Å². The van der Waals surface area contributed by atoms with E-state index >= 15 is 0 Å². The molecule has 0 radical (unpaired) electrons. The number of carbonyl (C=O) groups excluding carboxylic acids is 2. The molecular formula is C25H22F2N4O3. The molecule has 9 heteroatoms. The smallest absolute Gasteiger partial charge is 0.414 e. The first-order valence-corrected chi connectivity index (χ1v) is 10.5. The molecule has 2 amide bonds. The van der Waals surface area contributed by atoms with Crippen LogP contribution >= 0.6 is 0 Å². The fraction of sp³-hybridized carbons (Fsp3) is 0.160. The number of amides is 2. The summed E-state index contributed by atoms with van der Waals surface area (Å²) in [6.45, 7) is 0.876. The molecule has 0 bridgehead atoms. The Labute approximate surface area is 194 Å². The molecule has 34 heavy (non-hydrogen) atoms. The number of ether oxygens (including phenoxy) is 1. The molecule has 0 saturated carbocycles. The van der Waals surface area contributed by atoms with E-state index in [-0.39, 0.29) is 30.2 Å². The van der Waals surface area contributed by atoms with E-state index in [0.29, 0.717) is 16.6 Å². The van der Waals surface area contributed by atoms with Gasteiger partial charge in [-0.2, -0.15) is 0 Å². The number of nitrogens with two attached hydrogens (primary N) is 1. The quantitative estimate of drug-likeness (QED) is 0.400. The van der Waals surface area contributed by atoms with Crippen LogP contribution in [0.4, 0.5) is 19.5 Å². The second-order valence-corrected chi connectivity index (χ2v) is 7.82. The van der Waals surface area contributed by atoms with E-state index in [0.717, 1.165) is 12.5 Å². The molecular weight excluding hydrogens is 442 g/mol. The van der Waals surface area contributed by atoms with Crippen LogP contribution in [0.25, 0.3) is 11.0 Å². The molecule has 0 fully saturated rings. The SMILES string of the molecule is CC(F)(F)c1ccccc1Cn1c(NC(=O)OCc2ccccc2)nc2cc(C(N)=O)ccc21. The summed E-state index contributed by atoms with van der Waals surface area (Å²) in [7, 11) is 0. The maximum Gasteiger partial charge on any atom is 0.414 e. The topological polar surface area (TPSA) is 99.2 Å². The zero-order valence-electron chi connectivity index (χ0n) is 18.3. The average Bonchev–Trinajstić information content (AvgIpc) is 3.14. The van der Waals surface area contributed by atoms with Crippen molar-refractivity contribution in [3.8, 4) is 0 Å². The van der Waals surface area contributed by atoms with Gasteiger partial charge in [0.15, 0.2) is 0 Å². The first kappa shape index (κ1) is 22.9. The predicted molar refractivity (Wildman–Crippen MR) is 124 cm³/mol. The van der Waals surface area contributed by atoms with Crippen LogP contribution in [0.2, 0.25) is 0 Å². The maximum absolute atomic E-state index is 14.2. The minimum Gasteiger partial charge on any atom is -0.444 e. The number of aromatic nitrogens is 2. The molecule has 3 N–H and O–H groups in total. The number of halogens is 2. The molecule has 7 nitrogen and oxygen atoms in total. The molecule has 0 spiro atoms. The lowest BCUT2D eigenvalue weighted by molar-refractivity contribution is 0.0164. The van der Waals surface area contributed by atoms with E-state index in [1.54, 1.807) is 28.8 Å². The van der Waals surface area contributed by atoms with Gasteiger partial charge in [0.05, 0.1) is 17.6 Å². The van der Waals surface area contributed by atoms with Crippen LogP contribution in [0, 0.1) is 0 Å². The monoisotopic (exact) mass is 464 g/mol. The molecule has 0 aliphatic rings. The summed E-state index contributed by atoms with van der Waals surface area (Å²) < 4.78 is 35.3. The second-order valence-electron chi connectivity index (χ2n) is 7.82. The lowest BCUT2D eigenvalue weighted by atomic mass is 10.0. The summed E-state index contributed by atoms with van der Waals surface area (Å²) in [6, 6.07) is 19.9. The van der Waals surface area contributed by atoms with Crippen molar-refractivity contribution in [2.75, 3.05) is 5.32 Å². The molecule has 0 aliphatic carbocycles. The minimum atomic E-state index is -3.06. The van der Waals surface area contributed by atoms with E-state index in [4.69, 9.17) is 10.5 Å². The zero-order chi connectivity index (χ0) is 24.3. The largest absolute Gasteiger partial charge is 0.444 e. The number of benzene rings is 3. The first-order chi connectivity index (χ1) is 16.2. The van der Waals surface area contributed by atoms with Gasteiger partial charge in [0, 0.05) is 18.1 Å². The number of rotatable bonds is 7. The van der Waals surface area contributed by atoms with Gasteiger partial charge in [-0.15, -0.1) is 0 Å². The van der Waals surface area contributed by atoms with Gasteiger partial charge in [-0.25, -0.2) is 18.6 Å². The van der Waals surface area contributed by atoms with Gasteiger partial charge >= 0.3 is 6.09 Å². The summed E-state index contributed by atoms with van der Waals surface area (Å²) in [5.74, 6) is -3.61. The maximum atomic E-state index is 14.2. The standard InChI is InChI=1S/C25H22F2N4O3/c1-25(26,27)19-10-6-5-9-18(19)14-31-21-12-11-17(22(28)32)13-20(21)29-23(31)30-24(33)34-15-16-7-3-2-4-8-16/h2-13H,14-15H2,1H3,(H2,28,32)(H,29,30,33). The summed E-state index contributed by atoms with van der Waals surface area (Å²) in [5, 5.41) is 2.58. The van der Waals surface area contributed by atoms with E-state index in [1.807, 2.05) is 30.3 Å². The number of hydrogen-bond acceptors (Lipinski definition) is 4. The number of imidazole rings is 1. The van der Waals surface area contributed by atoms with Crippen LogP contribution in [-0.4, -0.2) is 21.6 Å². The molecule has 1 aromatic heterocycles.